The lowest BCUT2D eigenvalue weighted by atomic mass is 10.1. The zero-order chi connectivity index (χ0) is 30.8. The summed E-state index contributed by atoms with van der Waals surface area (Å²) in [5, 5.41) is 7.54. The van der Waals surface area contributed by atoms with Gasteiger partial charge in [-0.15, -0.1) is 23.5 Å². The molecule has 0 atom stereocenters. The van der Waals surface area contributed by atoms with E-state index in [9.17, 15) is 0 Å². The predicted molar refractivity (Wildman–Crippen MR) is 200 cm³/mol. The van der Waals surface area contributed by atoms with Crippen molar-refractivity contribution in [1.82, 2.24) is 0 Å². The second-order valence-corrected chi connectivity index (χ2v) is 15.0. The van der Waals surface area contributed by atoms with Crippen LogP contribution in [-0.4, -0.2) is 17.5 Å². The van der Waals surface area contributed by atoms with Crippen LogP contribution in [0.25, 0.3) is 0 Å². The Labute approximate surface area is 276 Å². The molecule has 0 fully saturated rings. The minimum Gasteiger partial charge on any atom is -0.381 e. The molecule has 2 N–H and O–H groups in total. The van der Waals surface area contributed by atoms with E-state index in [1.165, 1.54) is 161 Å². The molecule has 0 aliphatic rings. The van der Waals surface area contributed by atoms with Gasteiger partial charge in [0.25, 0.3) is 0 Å². The molecule has 2 rings (SSSR count). The van der Waals surface area contributed by atoms with E-state index in [-0.39, 0.29) is 0 Å². The van der Waals surface area contributed by atoms with Gasteiger partial charge in [-0.3, -0.25) is 0 Å². The molecule has 2 nitrogen and oxygen atoms in total. The first-order valence-corrected chi connectivity index (χ1v) is 20.1. The topological polar surface area (TPSA) is 24.1 Å². The lowest BCUT2D eigenvalue weighted by molar-refractivity contribution is 0.563. The first kappa shape index (κ1) is 37.9. The van der Waals surface area contributed by atoms with Crippen LogP contribution < -0.4 is 10.6 Å². The molecule has 43 heavy (non-hydrogen) atoms. The summed E-state index contributed by atoms with van der Waals surface area (Å²) in [6.45, 7) is 9.14. The standard InChI is InChI=1S/C39H66N2S2/c1-5-7-9-11-13-15-17-19-21-26-30-42-37-32-36(41-35-28-24-23-25-29-35)33-38(39(37)40-34(3)4)43-31-27-22-20-18-16-14-12-10-8-6-2/h23-25,28-29,32-34,40-41H,5-22,26-27,30-31H2,1-4H3. The van der Waals surface area contributed by atoms with Crippen molar-refractivity contribution < 1.29 is 0 Å². The average Bonchev–Trinajstić information content (AvgIpc) is 3.00. The predicted octanol–water partition coefficient (Wildman–Crippen LogP) is 14.3. The second-order valence-electron chi connectivity index (χ2n) is 12.7. The highest BCUT2D eigenvalue weighted by Crippen LogP contribution is 2.41. The van der Waals surface area contributed by atoms with Gasteiger partial charge in [-0.05, 0) is 62.5 Å². The van der Waals surface area contributed by atoms with Crippen molar-refractivity contribution in [3.05, 3.63) is 42.5 Å². The number of benzene rings is 2. The summed E-state index contributed by atoms with van der Waals surface area (Å²) in [4.78, 5) is 2.80. The Morgan fingerprint density at radius 2 is 0.907 bits per heavy atom. The van der Waals surface area contributed by atoms with E-state index in [0.29, 0.717) is 6.04 Å². The molecular formula is C39H66N2S2. The maximum Gasteiger partial charge on any atom is 0.0619 e. The molecule has 0 aromatic heterocycles. The van der Waals surface area contributed by atoms with Crippen LogP contribution in [-0.2, 0) is 0 Å². The van der Waals surface area contributed by atoms with Gasteiger partial charge < -0.3 is 10.6 Å². The molecule has 2 aromatic carbocycles. The lowest BCUT2D eigenvalue weighted by Gasteiger charge is -2.21. The molecular weight excluding hydrogens is 561 g/mol. The van der Waals surface area contributed by atoms with Crippen LogP contribution in [0.5, 0.6) is 0 Å². The van der Waals surface area contributed by atoms with Crippen molar-refractivity contribution in [1.29, 1.82) is 0 Å². The molecule has 0 saturated heterocycles. The maximum atomic E-state index is 3.84. The molecule has 0 bridgehead atoms. The third-order valence-corrected chi connectivity index (χ3v) is 10.3. The van der Waals surface area contributed by atoms with Crippen LogP contribution in [0.4, 0.5) is 17.1 Å². The highest BCUT2D eigenvalue weighted by Gasteiger charge is 2.14. The van der Waals surface area contributed by atoms with E-state index >= 15 is 0 Å². The van der Waals surface area contributed by atoms with Crippen molar-refractivity contribution in [2.75, 3.05) is 22.1 Å². The fraction of sp³-hybridized carbons (Fsp3) is 0.692. The van der Waals surface area contributed by atoms with Crippen LogP contribution in [0.1, 0.15) is 156 Å². The highest BCUT2D eigenvalue weighted by atomic mass is 32.2. The summed E-state index contributed by atoms with van der Waals surface area (Å²) in [5.74, 6) is 2.39. The van der Waals surface area contributed by atoms with Crippen LogP contribution in [0.3, 0.4) is 0 Å². The number of unbranched alkanes of at least 4 members (excludes halogenated alkanes) is 18. The summed E-state index contributed by atoms with van der Waals surface area (Å²) in [5.41, 5.74) is 3.71. The number of thioether (sulfide) groups is 2. The first-order chi connectivity index (χ1) is 21.1. The first-order valence-electron chi connectivity index (χ1n) is 18.2. The van der Waals surface area contributed by atoms with Gasteiger partial charge in [0.15, 0.2) is 0 Å². The molecule has 2 aromatic rings. The molecule has 4 heteroatoms. The maximum absolute atomic E-state index is 3.84. The van der Waals surface area contributed by atoms with Crippen molar-refractivity contribution in [2.45, 2.75) is 172 Å². The Morgan fingerprint density at radius 3 is 1.30 bits per heavy atom. The quantitative estimate of drug-likeness (QED) is 0.0725. The Morgan fingerprint density at radius 1 is 0.512 bits per heavy atom. The van der Waals surface area contributed by atoms with Gasteiger partial charge in [0.1, 0.15) is 0 Å². The third kappa shape index (κ3) is 19.0. The summed E-state index contributed by atoms with van der Waals surface area (Å²) in [6.07, 6.45) is 27.9. The van der Waals surface area contributed by atoms with Crippen LogP contribution >= 0.6 is 23.5 Å². The molecule has 0 amide bonds. The fourth-order valence-corrected chi connectivity index (χ4v) is 7.80. The molecule has 244 valence electrons. The molecule has 0 saturated carbocycles. The number of hydrogen-bond acceptors (Lipinski definition) is 4. The third-order valence-electron chi connectivity index (χ3n) is 8.07. The molecule has 0 aliphatic carbocycles. The van der Waals surface area contributed by atoms with Crippen LogP contribution in [0, 0.1) is 0 Å². The minimum atomic E-state index is 0.418. The van der Waals surface area contributed by atoms with Gasteiger partial charge in [-0.1, -0.05) is 148 Å². The highest BCUT2D eigenvalue weighted by molar-refractivity contribution is 8.00. The van der Waals surface area contributed by atoms with Gasteiger partial charge >= 0.3 is 0 Å². The van der Waals surface area contributed by atoms with Gasteiger partial charge in [0.2, 0.25) is 0 Å². The van der Waals surface area contributed by atoms with E-state index in [1.807, 2.05) is 23.5 Å². The Kier molecular flexibility index (Phi) is 22.9. The van der Waals surface area contributed by atoms with Crippen molar-refractivity contribution in [3.63, 3.8) is 0 Å². The van der Waals surface area contributed by atoms with E-state index in [1.54, 1.807) is 0 Å². The molecule has 0 unspecified atom stereocenters. The van der Waals surface area contributed by atoms with Crippen molar-refractivity contribution >= 4 is 40.6 Å². The summed E-state index contributed by atoms with van der Waals surface area (Å²) < 4.78 is 0. The SMILES string of the molecule is CCCCCCCCCCCCSc1cc(Nc2ccccc2)cc(SCCCCCCCCCCCC)c1NC(C)C. The van der Waals surface area contributed by atoms with Gasteiger partial charge in [0.05, 0.1) is 5.69 Å². The Hall–Kier alpha value is -1.26. The summed E-state index contributed by atoms with van der Waals surface area (Å²) in [6, 6.07) is 15.8. The van der Waals surface area contributed by atoms with E-state index < -0.39 is 0 Å². The summed E-state index contributed by atoms with van der Waals surface area (Å²) >= 11 is 4.10. The number of hydrogen-bond donors (Lipinski definition) is 2. The normalized spacial score (nSPS) is 11.4. The number of anilines is 3. The fourth-order valence-electron chi connectivity index (χ4n) is 5.55. The lowest BCUT2D eigenvalue weighted by Crippen LogP contribution is -2.12. The largest absolute Gasteiger partial charge is 0.381 e. The zero-order valence-electron chi connectivity index (χ0n) is 28.5. The Balaban J connectivity index is 1.90. The van der Waals surface area contributed by atoms with E-state index in [4.69, 9.17) is 0 Å². The molecule has 0 radical (unpaired) electrons. The molecule has 0 spiro atoms. The van der Waals surface area contributed by atoms with Crippen LogP contribution in [0.2, 0.25) is 0 Å². The van der Waals surface area contributed by atoms with E-state index in [0.717, 1.165) is 5.69 Å². The van der Waals surface area contributed by atoms with Crippen molar-refractivity contribution in [2.24, 2.45) is 0 Å². The van der Waals surface area contributed by atoms with E-state index in [2.05, 4.69) is 80.8 Å². The number of rotatable bonds is 28. The molecule has 0 heterocycles. The second kappa shape index (κ2) is 26.0. The summed E-state index contributed by atoms with van der Waals surface area (Å²) in [7, 11) is 0. The Bertz CT molecular complexity index is 868. The number of para-hydroxylation sites is 1. The van der Waals surface area contributed by atoms with Gasteiger partial charge in [-0.25, -0.2) is 0 Å². The van der Waals surface area contributed by atoms with Crippen molar-refractivity contribution in [3.8, 4) is 0 Å². The zero-order valence-corrected chi connectivity index (χ0v) is 30.1. The van der Waals surface area contributed by atoms with Gasteiger partial charge in [-0.2, -0.15) is 0 Å². The smallest absolute Gasteiger partial charge is 0.0619 e. The average molecular weight is 627 g/mol. The number of nitrogens with one attached hydrogen (secondary N) is 2. The monoisotopic (exact) mass is 626 g/mol. The van der Waals surface area contributed by atoms with Crippen LogP contribution in [0.15, 0.2) is 52.3 Å². The minimum absolute atomic E-state index is 0.418. The molecule has 0 aliphatic heterocycles. The van der Waals surface area contributed by atoms with Gasteiger partial charge in [0, 0.05) is 27.2 Å².